The third-order valence-corrected chi connectivity index (χ3v) is 4.27. The van der Waals surface area contributed by atoms with E-state index in [1.807, 2.05) is 34.0 Å². The normalized spacial score (nSPS) is 17.3. The summed E-state index contributed by atoms with van der Waals surface area (Å²) in [7, 11) is 0. The zero-order valence-electron chi connectivity index (χ0n) is 14.0. The summed E-state index contributed by atoms with van der Waals surface area (Å²) in [4.78, 5) is 14.6. The molecule has 1 aliphatic rings. The maximum absolute atomic E-state index is 12.7. The third kappa shape index (κ3) is 2.83. The van der Waals surface area contributed by atoms with Crippen molar-refractivity contribution in [1.82, 2.24) is 14.7 Å². The van der Waals surface area contributed by atoms with Crippen molar-refractivity contribution >= 4 is 11.8 Å². The van der Waals surface area contributed by atoms with Crippen LogP contribution >= 0.6 is 0 Å². The predicted molar refractivity (Wildman–Crippen MR) is 91.5 cm³/mol. The molecule has 0 fully saturated rings. The van der Waals surface area contributed by atoms with Gasteiger partial charge in [0.1, 0.15) is 5.82 Å². The highest BCUT2D eigenvalue weighted by molar-refractivity contribution is 5.92. The Hall–Kier alpha value is -2.30. The fourth-order valence-corrected chi connectivity index (χ4v) is 3.11. The van der Waals surface area contributed by atoms with Crippen molar-refractivity contribution in [2.75, 3.05) is 11.9 Å². The maximum Gasteiger partial charge on any atom is 0.323 e. The lowest BCUT2D eigenvalue weighted by Gasteiger charge is -2.36. The summed E-state index contributed by atoms with van der Waals surface area (Å²) in [6.07, 6.45) is 3.94. The Labute approximate surface area is 137 Å². The van der Waals surface area contributed by atoms with Crippen molar-refractivity contribution < 1.29 is 4.79 Å². The van der Waals surface area contributed by atoms with Gasteiger partial charge < -0.3 is 4.90 Å². The molecule has 2 amide bonds. The number of anilines is 1. The summed E-state index contributed by atoms with van der Waals surface area (Å²) in [5.41, 5.74) is 2.20. The largest absolute Gasteiger partial charge is 0.323 e. The Bertz CT molecular complexity index is 678. The Balaban J connectivity index is 2.08. The van der Waals surface area contributed by atoms with Gasteiger partial charge in [-0.2, -0.15) is 5.10 Å². The fraction of sp³-hybridized carbons (Fsp3) is 0.444. The van der Waals surface area contributed by atoms with Crippen LogP contribution in [0.5, 0.6) is 0 Å². The van der Waals surface area contributed by atoms with Crippen LogP contribution in [0.1, 0.15) is 56.8 Å². The minimum Gasteiger partial charge on any atom is -0.313 e. The zero-order chi connectivity index (χ0) is 16.4. The molecule has 1 N–H and O–H groups in total. The number of unbranched alkanes of at least 4 members (excludes halogenated alkanes) is 1. The molecule has 3 rings (SSSR count). The standard InChI is InChI=1S/C18H24N4O/c1-4-5-11-21-16(14-9-7-6-8-10-14)15-12-19-22(13(2)3)17(15)20-18(21)23/h6-10,12-13,16H,4-5,11H2,1-3H3,(H,20,23). The van der Waals surface area contributed by atoms with Crippen LogP contribution in [0.2, 0.25) is 0 Å². The van der Waals surface area contributed by atoms with Crippen LogP contribution in [0.3, 0.4) is 0 Å². The number of nitrogens with one attached hydrogen (secondary N) is 1. The lowest BCUT2D eigenvalue weighted by Crippen LogP contribution is -2.43. The van der Waals surface area contributed by atoms with E-state index < -0.39 is 0 Å². The van der Waals surface area contributed by atoms with E-state index in [0.29, 0.717) is 0 Å². The lowest BCUT2D eigenvalue weighted by molar-refractivity contribution is 0.193. The molecule has 0 radical (unpaired) electrons. The first-order valence-corrected chi connectivity index (χ1v) is 8.33. The molecule has 1 unspecified atom stereocenters. The second-order valence-electron chi connectivity index (χ2n) is 6.28. The monoisotopic (exact) mass is 312 g/mol. The molecule has 5 nitrogen and oxygen atoms in total. The number of nitrogens with zero attached hydrogens (tertiary/aromatic N) is 3. The first-order chi connectivity index (χ1) is 11.1. The molecule has 1 aliphatic heterocycles. The molecule has 2 heterocycles. The lowest BCUT2D eigenvalue weighted by atomic mass is 9.97. The fourth-order valence-electron chi connectivity index (χ4n) is 3.11. The number of hydrogen-bond acceptors (Lipinski definition) is 2. The van der Waals surface area contributed by atoms with Gasteiger partial charge in [-0.05, 0) is 25.8 Å². The van der Waals surface area contributed by atoms with Crippen molar-refractivity contribution in [2.45, 2.75) is 45.7 Å². The Morgan fingerprint density at radius 1 is 1.26 bits per heavy atom. The van der Waals surface area contributed by atoms with Crippen LogP contribution in [0.25, 0.3) is 0 Å². The molecule has 0 spiro atoms. The zero-order valence-corrected chi connectivity index (χ0v) is 14.0. The summed E-state index contributed by atoms with van der Waals surface area (Å²) in [6.45, 7) is 7.02. The van der Waals surface area contributed by atoms with Gasteiger partial charge >= 0.3 is 6.03 Å². The highest BCUT2D eigenvalue weighted by atomic mass is 16.2. The number of benzene rings is 1. The van der Waals surface area contributed by atoms with Crippen molar-refractivity contribution in [3.63, 3.8) is 0 Å². The van der Waals surface area contributed by atoms with Gasteiger partial charge in [0, 0.05) is 18.2 Å². The molecule has 0 saturated heterocycles. The van der Waals surface area contributed by atoms with E-state index in [9.17, 15) is 4.79 Å². The van der Waals surface area contributed by atoms with Gasteiger partial charge in [0.15, 0.2) is 0 Å². The summed E-state index contributed by atoms with van der Waals surface area (Å²) >= 11 is 0. The number of fused-ring (bicyclic) bond motifs is 1. The first-order valence-electron chi connectivity index (χ1n) is 8.33. The minimum absolute atomic E-state index is 0.0396. The van der Waals surface area contributed by atoms with Gasteiger partial charge in [-0.1, -0.05) is 43.7 Å². The molecule has 0 saturated carbocycles. The van der Waals surface area contributed by atoms with E-state index in [-0.39, 0.29) is 18.1 Å². The Morgan fingerprint density at radius 3 is 2.65 bits per heavy atom. The molecule has 0 bridgehead atoms. The molecular formula is C18H24N4O. The van der Waals surface area contributed by atoms with E-state index in [2.05, 4.69) is 43.3 Å². The second-order valence-corrected chi connectivity index (χ2v) is 6.28. The van der Waals surface area contributed by atoms with Gasteiger partial charge in [-0.15, -0.1) is 0 Å². The van der Waals surface area contributed by atoms with E-state index in [4.69, 9.17) is 0 Å². The number of rotatable bonds is 5. The highest BCUT2D eigenvalue weighted by Crippen LogP contribution is 2.38. The third-order valence-electron chi connectivity index (χ3n) is 4.27. The number of carbonyl (C=O) groups excluding carboxylic acids is 1. The molecule has 1 aromatic heterocycles. The molecule has 1 aromatic carbocycles. The van der Waals surface area contributed by atoms with Crippen LogP contribution in [0.4, 0.5) is 10.6 Å². The number of carbonyl (C=O) groups is 1. The van der Waals surface area contributed by atoms with Crippen molar-refractivity contribution in [3.05, 3.63) is 47.7 Å². The molecule has 23 heavy (non-hydrogen) atoms. The highest BCUT2D eigenvalue weighted by Gasteiger charge is 2.36. The molecule has 5 heteroatoms. The molecule has 0 aliphatic carbocycles. The van der Waals surface area contributed by atoms with E-state index >= 15 is 0 Å². The van der Waals surface area contributed by atoms with Crippen LogP contribution in [0.15, 0.2) is 36.5 Å². The number of hydrogen-bond donors (Lipinski definition) is 1. The van der Waals surface area contributed by atoms with Crippen LogP contribution < -0.4 is 5.32 Å². The average molecular weight is 312 g/mol. The summed E-state index contributed by atoms with van der Waals surface area (Å²) in [5.74, 6) is 0.826. The maximum atomic E-state index is 12.7. The van der Waals surface area contributed by atoms with Gasteiger partial charge in [0.05, 0.1) is 12.2 Å². The van der Waals surface area contributed by atoms with Crippen LogP contribution in [0, 0.1) is 0 Å². The molecule has 1 atom stereocenters. The molecular weight excluding hydrogens is 288 g/mol. The summed E-state index contributed by atoms with van der Waals surface area (Å²) < 4.78 is 1.89. The van der Waals surface area contributed by atoms with Crippen molar-refractivity contribution in [3.8, 4) is 0 Å². The topological polar surface area (TPSA) is 50.2 Å². The van der Waals surface area contributed by atoms with E-state index in [0.717, 1.165) is 36.3 Å². The summed E-state index contributed by atoms with van der Waals surface area (Å²) in [6, 6.07) is 10.3. The Kier molecular flexibility index (Phi) is 4.37. The van der Waals surface area contributed by atoms with Gasteiger partial charge in [-0.3, -0.25) is 5.32 Å². The summed E-state index contributed by atoms with van der Waals surface area (Å²) in [5, 5.41) is 7.53. The minimum atomic E-state index is -0.0704. The number of urea groups is 1. The van der Waals surface area contributed by atoms with Gasteiger partial charge in [0.25, 0.3) is 0 Å². The van der Waals surface area contributed by atoms with E-state index in [1.54, 1.807) is 0 Å². The van der Waals surface area contributed by atoms with Crippen molar-refractivity contribution in [2.24, 2.45) is 0 Å². The van der Waals surface area contributed by atoms with Crippen LogP contribution in [-0.4, -0.2) is 27.3 Å². The smallest absolute Gasteiger partial charge is 0.313 e. The van der Waals surface area contributed by atoms with E-state index in [1.165, 1.54) is 0 Å². The Morgan fingerprint density at radius 2 is 2.00 bits per heavy atom. The van der Waals surface area contributed by atoms with Gasteiger partial charge in [0.2, 0.25) is 0 Å². The molecule has 2 aromatic rings. The molecule has 122 valence electrons. The predicted octanol–water partition coefficient (Wildman–Crippen LogP) is 4.20. The quantitative estimate of drug-likeness (QED) is 0.899. The van der Waals surface area contributed by atoms with Crippen LogP contribution in [-0.2, 0) is 0 Å². The second kappa shape index (κ2) is 6.44. The van der Waals surface area contributed by atoms with Gasteiger partial charge in [-0.25, -0.2) is 9.48 Å². The average Bonchev–Trinajstić information content (AvgIpc) is 2.96. The first kappa shape index (κ1) is 15.6. The number of aromatic nitrogens is 2. The number of amides is 2. The van der Waals surface area contributed by atoms with Crippen molar-refractivity contribution in [1.29, 1.82) is 0 Å². The SMILES string of the molecule is CCCCN1C(=O)Nc2c(cnn2C(C)C)C1c1ccccc1.